The lowest BCUT2D eigenvalue weighted by Gasteiger charge is -2.29. The number of rotatable bonds is 46. The lowest BCUT2D eigenvalue weighted by atomic mass is 10.0. The highest BCUT2D eigenvalue weighted by atomic mass is 31.2. The van der Waals surface area contributed by atoms with Crippen molar-refractivity contribution in [3.05, 3.63) is 24.3 Å². The zero-order chi connectivity index (χ0) is 43.6. The first kappa shape index (κ1) is 58.0. The van der Waals surface area contributed by atoms with Crippen LogP contribution in [0.4, 0.5) is 0 Å². The maximum Gasteiger partial charge on any atom is 0.268 e. The summed E-state index contributed by atoms with van der Waals surface area (Å²) in [6.07, 6.45) is 50.9. The zero-order valence-corrected chi connectivity index (χ0v) is 40.6. The third-order valence-electron chi connectivity index (χ3n) is 11.4. The topological polar surface area (TPSA) is 108 Å². The van der Waals surface area contributed by atoms with Crippen LogP contribution in [0.3, 0.4) is 0 Å². The fourth-order valence-corrected chi connectivity index (χ4v) is 8.13. The van der Waals surface area contributed by atoms with E-state index in [2.05, 4.69) is 31.3 Å². The van der Waals surface area contributed by atoms with Crippen LogP contribution in [0.2, 0.25) is 0 Å². The number of carbonyl (C=O) groups is 1. The summed E-state index contributed by atoms with van der Waals surface area (Å²) in [5, 5.41) is 13.8. The monoisotopic (exact) mass is 855 g/mol. The number of amides is 1. The molecule has 8 nitrogen and oxygen atoms in total. The molecule has 0 aliphatic heterocycles. The number of phosphoric ester groups is 1. The predicted octanol–water partition coefficient (Wildman–Crippen LogP) is 13.8. The lowest BCUT2D eigenvalue weighted by Crippen LogP contribution is -2.45. The molecule has 1 unspecified atom stereocenters. The molecule has 0 saturated carbocycles. The van der Waals surface area contributed by atoms with Crippen molar-refractivity contribution in [2.45, 2.75) is 251 Å². The van der Waals surface area contributed by atoms with E-state index in [0.29, 0.717) is 17.4 Å². The van der Waals surface area contributed by atoms with Crippen LogP contribution in [0.25, 0.3) is 0 Å². The number of allylic oxidation sites excluding steroid dienone is 3. The second-order valence-electron chi connectivity index (χ2n) is 18.5. The summed E-state index contributed by atoms with van der Waals surface area (Å²) in [5.74, 6) is -0.203. The minimum absolute atomic E-state index is 0.00400. The maximum atomic E-state index is 12.9. The van der Waals surface area contributed by atoms with E-state index in [-0.39, 0.29) is 19.1 Å². The molecule has 1 amide bonds. The van der Waals surface area contributed by atoms with Gasteiger partial charge in [0.1, 0.15) is 13.2 Å². The average molecular weight is 855 g/mol. The summed E-state index contributed by atoms with van der Waals surface area (Å²) >= 11 is 0. The number of hydrogen-bond donors (Lipinski definition) is 2. The number of phosphoric acid groups is 1. The highest BCUT2D eigenvalue weighted by molar-refractivity contribution is 7.45. The molecule has 3 atom stereocenters. The molecule has 0 bridgehead atoms. The van der Waals surface area contributed by atoms with Gasteiger partial charge in [-0.15, -0.1) is 0 Å². The summed E-state index contributed by atoms with van der Waals surface area (Å²) < 4.78 is 23.2. The average Bonchev–Trinajstić information content (AvgIpc) is 3.19. The number of aliphatic hydroxyl groups excluding tert-OH is 1. The van der Waals surface area contributed by atoms with Crippen LogP contribution >= 0.6 is 7.82 Å². The highest BCUT2D eigenvalue weighted by Crippen LogP contribution is 2.38. The Labute approximate surface area is 366 Å². The van der Waals surface area contributed by atoms with E-state index in [4.69, 9.17) is 9.05 Å². The molecule has 9 heteroatoms. The van der Waals surface area contributed by atoms with Crippen LogP contribution < -0.4 is 10.2 Å². The van der Waals surface area contributed by atoms with Crippen molar-refractivity contribution in [1.29, 1.82) is 0 Å². The van der Waals surface area contributed by atoms with Crippen molar-refractivity contribution in [2.75, 3.05) is 40.9 Å². The first-order valence-corrected chi connectivity index (χ1v) is 26.7. The molecular formula is C50H99N2O6P. The van der Waals surface area contributed by atoms with E-state index < -0.39 is 20.0 Å². The van der Waals surface area contributed by atoms with Gasteiger partial charge in [-0.3, -0.25) is 9.36 Å². The van der Waals surface area contributed by atoms with Gasteiger partial charge >= 0.3 is 0 Å². The molecule has 59 heavy (non-hydrogen) atoms. The Balaban J connectivity index is 4.33. The van der Waals surface area contributed by atoms with Crippen molar-refractivity contribution in [3.63, 3.8) is 0 Å². The van der Waals surface area contributed by atoms with Crippen LogP contribution in [0, 0.1) is 0 Å². The van der Waals surface area contributed by atoms with E-state index in [9.17, 15) is 19.4 Å². The van der Waals surface area contributed by atoms with Gasteiger partial charge in [0.25, 0.3) is 7.82 Å². The van der Waals surface area contributed by atoms with Crippen LogP contribution in [0.15, 0.2) is 24.3 Å². The summed E-state index contributed by atoms with van der Waals surface area (Å²) in [7, 11) is 1.25. The standard InChI is InChI=1S/C50H99N2O6P/c1-6-8-10-12-14-16-18-20-22-24-25-26-28-30-32-34-36-38-40-42-44-50(54)51-48(47-58-59(55,56)57-46-45-52(3,4)5)49(53)43-41-39-37-35-33-31-29-27-23-21-19-17-15-13-11-9-7-2/h33,35,41,43,48-49,53H,6-32,34,36-40,42,44-47H2,1-5H3,(H-,51,54,55,56)/b35-33+,43-41+/t48-,49+/m0/s1. The summed E-state index contributed by atoms with van der Waals surface area (Å²) in [6, 6.07) is -0.898. The Morgan fingerprint density at radius 2 is 0.949 bits per heavy atom. The first-order valence-electron chi connectivity index (χ1n) is 25.2. The summed E-state index contributed by atoms with van der Waals surface area (Å²) in [4.78, 5) is 25.4. The Hall–Kier alpha value is -1.02. The smallest absolute Gasteiger partial charge is 0.268 e. The number of aliphatic hydroxyl groups is 1. The summed E-state index contributed by atoms with van der Waals surface area (Å²) in [5.41, 5.74) is 0. The molecule has 350 valence electrons. The van der Waals surface area contributed by atoms with Gasteiger partial charge in [0.2, 0.25) is 5.91 Å². The van der Waals surface area contributed by atoms with Gasteiger partial charge in [-0.25, -0.2) is 0 Å². The van der Waals surface area contributed by atoms with Gasteiger partial charge in [0, 0.05) is 6.42 Å². The fraction of sp³-hybridized carbons (Fsp3) is 0.900. The molecule has 0 aliphatic rings. The molecule has 0 aromatic rings. The SMILES string of the molecule is CCCCCCCCCCCCC/C=C/CC/C=C/[C@@H](O)[C@H](COP(=O)([O-])OCC[N+](C)(C)C)NC(=O)CCCCCCCCCCCCCCCCCCCCCC. The second kappa shape index (κ2) is 42.3. The number of quaternary nitrogens is 1. The Morgan fingerprint density at radius 3 is 1.37 bits per heavy atom. The third kappa shape index (κ3) is 44.8. The summed E-state index contributed by atoms with van der Waals surface area (Å²) in [6.45, 7) is 4.65. The van der Waals surface area contributed by atoms with Crippen molar-refractivity contribution < 1.29 is 32.9 Å². The van der Waals surface area contributed by atoms with E-state index in [0.717, 1.165) is 38.5 Å². The highest BCUT2D eigenvalue weighted by Gasteiger charge is 2.23. The molecule has 0 rings (SSSR count). The number of nitrogens with zero attached hydrogens (tertiary/aromatic N) is 1. The fourth-order valence-electron chi connectivity index (χ4n) is 7.41. The number of unbranched alkanes of at least 4 members (excludes halogenated alkanes) is 31. The van der Waals surface area contributed by atoms with Gasteiger partial charge in [-0.1, -0.05) is 224 Å². The molecule has 0 aromatic heterocycles. The van der Waals surface area contributed by atoms with Gasteiger partial charge in [-0.05, 0) is 32.1 Å². The van der Waals surface area contributed by atoms with Crippen molar-refractivity contribution >= 4 is 13.7 Å². The first-order chi connectivity index (χ1) is 28.5. The normalized spacial score (nSPS) is 14.4. The van der Waals surface area contributed by atoms with Crippen LogP contribution in [-0.2, 0) is 18.4 Å². The zero-order valence-electron chi connectivity index (χ0n) is 39.7. The maximum absolute atomic E-state index is 12.9. The third-order valence-corrected chi connectivity index (χ3v) is 12.4. The molecule has 0 aliphatic carbocycles. The van der Waals surface area contributed by atoms with E-state index in [1.54, 1.807) is 6.08 Å². The molecule has 0 saturated heterocycles. The van der Waals surface area contributed by atoms with Gasteiger partial charge in [-0.2, -0.15) is 0 Å². The molecule has 0 fully saturated rings. The lowest BCUT2D eigenvalue weighted by molar-refractivity contribution is -0.870. The van der Waals surface area contributed by atoms with E-state index in [1.165, 1.54) is 180 Å². The number of likely N-dealkylation sites (N-methyl/N-ethyl adjacent to an activating group) is 1. The predicted molar refractivity (Wildman–Crippen MR) is 252 cm³/mol. The van der Waals surface area contributed by atoms with Crippen molar-refractivity contribution in [1.82, 2.24) is 5.32 Å². The molecule has 0 heterocycles. The van der Waals surface area contributed by atoms with E-state index >= 15 is 0 Å². The molecule has 0 radical (unpaired) electrons. The van der Waals surface area contributed by atoms with Gasteiger partial charge in [0.05, 0.1) is 39.9 Å². The minimum Gasteiger partial charge on any atom is -0.756 e. The number of hydrogen-bond acceptors (Lipinski definition) is 6. The van der Waals surface area contributed by atoms with Crippen LogP contribution in [0.5, 0.6) is 0 Å². The van der Waals surface area contributed by atoms with Crippen LogP contribution in [-0.4, -0.2) is 68.5 Å². The Kier molecular flexibility index (Phi) is 41.6. The number of nitrogens with one attached hydrogen (secondary N) is 1. The quantitative estimate of drug-likeness (QED) is 0.0273. The molecule has 0 spiro atoms. The second-order valence-corrected chi connectivity index (χ2v) is 19.9. The van der Waals surface area contributed by atoms with Crippen LogP contribution in [0.1, 0.15) is 239 Å². The number of carbonyl (C=O) groups excluding carboxylic acids is 1. The van der Waals surface area contributed by atoms with Gasteiger partial charge < -0.3 is 28.8 Å². The van der Waals surface area contributed by atoms with E-state index in [1.807, 2.05) is 27.2 Å². The Bertz CT molecular complexity index is 1020. The minimum atomic E-state index is -4.60. The molecule has 0 aromatic carbocycles. The Morgan fingerprint density at radius 1 is 0.576 bits per heavy atom. The van der Waals surface area contributed by atoms with Gasteiger partial charge in [0.15, 0.2) is 0 Å². The van der Waals surface area contributed by atoms with Crippen molar-refractivity contribution in [3.8, 4) is 0 Å². The molecular weight excluding hydrogens is 756 g/mol. The van der Waals surface area contributed by atoms with Crippen molar-refractivity contribution in [2.24, 2.45) is 0 Å². The molecule has 2 N–H and O–H groups in total. The largest absolute Gasteiger partial charge is 0.756 e.